The fourth-order valence-electron chi connectivity index (χ4n) is 1.08. The molecule has 0 bridgehead atoms. The molecule has 0 saturated carbocycles. The largest absolute Gasteiger partial charge is 0.482 e. The molecule has 17 heavy (non-hydrogen) atoms. The molecule has 0 radical (unpaired) electrons. The van der Waals surface area contributed by atoms with Gasteiger partial charge in [0.25, 0.3) is 0 Å². The van der Waals surface area contributed by atoms with E-state index in [1.54, 1.807) is 6.92 Å². The van der Waals surface area contributed by atoms with Crippen molar-refractivity contribution >= 4 is 15.6 Å². The zero-order chi connectivity index (χ0) is 13.9. The Morgan fingerprint density at radius 1 is 1.24 bits per heavy atom. The SMILES string of the molecule is CCC(C)(CC)C(N)OP(=O)(O)OP(=O)(O)O. The van der Waals surface area contributed by atoms with E-state index in [4.69, 9.17) is 20.4 Å². The Bertz CT molecular complexity index is 337. The van der Waals surface area contributed by atoms with Gasteiger partial charge in [-0.05, 0) is 12.8 Å². The average molecular weight is 291 g/mol. The molecule has 104 valence electrons. The average Bonchev–Trinajstić information content (AvgIpc) is 2.11. The maximum atomic E-state index is 11.3. The van der Waals surface area contributed by atoms with Gasteiger partial charge in [0.15, 0.2) is 0 Å². The summed E-state index contributed by atoms with van der Waals surface area (Å²) in [6.45, 7) is 5.37. The zero-order valence-electron chi connectivity index (χ0n) is 9.94. The third-order valence-electron chi connectivity index (χ3n) is 2.76. The van der Waals surface area contributed by atoms with Crippen molar-refractivity contribution in [2.24, 2.45) is 11.1 Å². The first-order valence-electron chi connectivity index (χ1n) is 4.99. The van der Waals surface area contributed by atoms with Crippen LogP contribution in [-0.2, 0) is 18.0 Å². The summed E-state index contributed by atoms with van der Waals surface area (Å²) < 4.78 is 29.9. The molecule has 0 aromatic rings. The van der Waals surface area contributed by atoms with Crippen molar-refractivity contribution in [1.82, 2.24) is 0 Å². The Hall–Kier alpha value is 0.220. The second-order valence-electron chi connectivity index (χ2n) is 3.93. The summed E-state index contributed by atoms with van der Waals surface area (Å²) in [7, 11) is -9.99. The van der Waals surface area contributed by atoms with Crippen LogP contribution in [0, 0.1) is 5.41 Å². The highest BCUT2D eigenvalue weighted by atomic mass is 31.3. The van der Waals surface area contributed by atoms with Crippen molar-refractivity contribution in [3.8, 4) is 0 Å². The van der Waals surface area contributed by atoms with Gasteiger partial charge in [0.05, 0.1) is 0 Å². The zero-order valence-corrected chi connectivity index (χ0v) is 11.7. The van der Waals surface area contributed by atoms with Crippen LogP contribution in [0.1, 0.15) is 33.6 Å². The van der Waals surface area contributed by atoms with E-state index < -0.39 is 27.3 Å². The monoisotopic (exact) mass is 291 g/mol. The minimum atomic E-state index is -5.11. The van der Waals surface area contributed by atoms with Gasteiger partial charge < -0.3 is 20.4 Å². The molecule has 10 heteroatoms. The van der Waals surface area contributed by atoms with E-state index in [9.17, 15) is 9.13 Å². The molecule has 0 aliphatic heterocycles. The molecule has 5 N–H and O–H groups in total. The topological polar surface area (TPSA) is 139 Å². The van der Waals surface area contributed by atoms with Crippen molar-refractivity contribution < 1.29 is 32.6 Å². The van der Waals surface area contributed by atoms with Crippen LogP contribution in [-0.4, -0.2) is 20.9 Å². The maximum absolute atomic E-state index is 11.3. The Labute approximate surface area is 100.0 Å². The summed E-state index contributed by atoms with van der Waals surface area (Å²) >= 11 is 0. The third kappa shape index (κ3) is 6.08. The number of hydrogen-bond donors (Lipinski definition) is 4. The highest BCUT2D eigenvalue weighted by Gasteiger charge is 2.39. The molecule has 2 unspecified atom stereocenters. The first-order valence-corrected chi connectivity index (χ1v) is 8.02. The van der Waals surface area contributed by atoms with Gasteiger partial charge in [-0.15, -0.1) is 0 Å². The lowest BCUT2D eigenvalue weighted by molar-refractivity contribution is 0.0308. The van der Waals surface area contributed by atoms with Crippen LogP contribution in [0.25, 0.3) is 0 Å². The highest BCUT2D eigenvalue weighted by Crippen LogP contribution is 2.58. The second kappa shape index (κ2) is 5.91. The molecular weight excluding hydrogens is 272 g/mol. The molecule has 0 aromatic carbocycles. The molecule has 0 rings (SSSR count). The van der Waals surface area contributed by atoms with Crippen molar-refractivity contribution in [2.75, 3.05) is 0 Å². The molecule has 0 fully saturated rings. The Morgan fingerprint density at radius 2 is 1.65 bits per heavy atom. The fraction of sp³-hybridized carbons (Fsp3) is 1.00. The van der Waals surface area contributed by atoms with E-state index in [-0.39, 0.29) is 0 Å². The summed E-state index contributed by atoms with van der Waals surface area (Å²) in [4.78, 5) is 26.0. The van der Waals surface area contributed by atoms with Crippen molar-refractivity contribution in [3.05, 3.63) is 0 Å². The van der Waals surface area contributed by atoms with E-state index in [1.807, 2.05) is 13.8 Å². The number of phosphoric ester groups is 1. The van der Waals surface area contributed by atoms with Crippen LogP contribution in [0.5, 0.6) is 0 Å². The van der Waals surface area contributed by atoms with Gasteiger partial charge in [-0.2, -0.15) is 4.31 Å². The minimum Gasteiger partial charge on any atom is -0.305 e. The van der Waals surface area contributed by atoms with Gasteiger partial charge >= 0.3 is 15.6 Å². The Morgan fingerprint density at radius 3 is 1.94 bits per heavy atom. The van der Waals surface area contributed by atoms with Crippen LogP contribution in [0.15, 0.2) is 0 Å². The molecule has 0 aliphatic carbocycles. The summed E-state index contributed by atoms with van der Waals surface area (Å²) in [6, 6.07) is 0. The van der Waals surface area contributed by atoms with Gasteiger partial charge in [0.2, 0.25) is 0 Å². The van der Waals surface area contributed by atoms with Crippen molar-refractivity contribution in [1.29, 1.82) is 0 Å². The molecule has 0 heterocycles. The third-order valence-corrected chi connectivity index (χ3v) is 4.93. The first-order chi connectivity index (χ1) is 7.46. The Kier molecular flexibility index (Phi) is 5.98. The first kappa shape index (κ1) is 17.2. The van der Waals surface area contributed by atoms with Crippen LogP contribution in [0.4, 0.5) is 0 Å². The summed E-state index contributed by atoms with van der Waals surface area (Å²) in [5.74, 6) is 0. The van der Waals surface area contributed by atoms with Crippen LogP contribution >= 0.6 is 15.6 Å². The number of rotatable bonds is 7. The molecule has 0 amide bonds. The molecular formula is C7H19NO7P2. The highest BCUT2D eigenvalue weighted by molar-refractivity contribution is 7.60. The van der Waals surface area contributed by atoms with E-state index in [0.717, 1.165) is 0 Å². The lowest BCUT2D eigenvalue weighted by Gasteiger charge is -2.33. The molecule has 2 atom stereocenters. The summed E-state index contributed by atoms with van der Waals surface area (Å²) in [5, 5.41) is 0. The summed E-state index contributed by atoms with van der Waals surface area (Å²) in [6.07, 6.45) is -0.0267. The van der Waals surface area contributed by atoms with E-state index in [1.165, 1.54) is 0 Å². The van der Waals surface area contributed by atoms with Crippen LogP contribution in [0.3, 0.4) is 0 Å². The van der Waals surface area contributed by atoms with E-state index in [2.05, 4.69) is 8.83 Å². The number of phosphoric acid groups is 2. The molecule has 0 spiro atoms. The smallest absolute Gasteiger partial charge is 0.305 e. The molecule has 0 saturated heterocycles. The van der Waals surface area contributed by atoms with Gasteiger partial charge in [-0.3, -0.25) is 4.52 Å². The molecule has 8 nitrogen and oxygen atoms in total. The lowest BCUT2D eigenvalue weighted by Crippen LogP contribution is -2.40. The van der Waals surface area contributed by atoms with Gasteiger partial charge in [-0.25, -0.2) is 9.13 Å². The molecule has 0 aliphatic rings. The van der Waals surface area contributed by atoms with E-state index in [0.29, 0.717) is 12.8 Å². The van der Waals surface area contributed by atoms with Crippen molar-refractivity contribution in [2.45, 2.75) is 39.8 Å². The quantitative estimate of drug-likeness (QED) is 0.407. The van der Waals surface area contributed by atoms with E-state index >= 15 is 0 Å². The van der Waals surface area contributed by atoms with Crippen LogP contribution in [0.2, 0.25) is 0 Å². The van der Waals surface area contributed by atoms with Crippen molar-refractivity contribution in [3.63, 3.8) is 0 Å². The number of nitrogens with two attached hydrogens (primary N) is 1. The number of hydrogen-bond acceptors (Lipinski definition) is 5. The second-order valence-corrected chi connectivity index (χ2v) is 6.71. The van der Waals surface area contributed by atoms with Gasteiger partial charge in [0.1, 0.15) is 6.23 Å². The van der Waals surface area contributed by atoms with Gasteiger partial charge in [-0.1, -0.05) is 20.8 Å². The fourth-order valence-corrected chi connectivity index (χ4v) is 2.85. The maximum Gasteiger partial charge on any atom is 0.482 e. The van der Waals surface area contributed by atoms with Gasteiger partial charge in [0, 0.05) is 5.41 Å². The summed E-state index contributed by atoms with van der Waals surface area (Å²) in [5.41, 5.74) is 5.00. The molecule has 0 aromatic heterocycles. The normalized spacial score (nSPS) is 18.8. The lowest BCUT2D eigenvalue weighted by atomic mass is 9.83. The van der Waals surface area contributed by atoms with Crippen LogP contribution < -0.4 is 5.73 Å². The predicted octanol–water partition coefficient (Wildman–Crippen LogP) is 1.32. The Balaban J connectivity index is 4.73. The minimum absolute atomic E-state index is 0.570. The predicted molar refractivity (Wildman–Crippen MR) is 60.7 cm³/mol. The standard InChI is InChI=1S/C7H19NO7P2/c1-4-7(3,5-2)6(8)14-17(12,13)15-16(9,10)11/h6H,4-5,8H2,1-3H3,(H,12,13)(H2,9,10,11).